The van der Waals surface area contributed by atoms with Crippen molar-refractivity contribution in [3.8, 4) is 0 Å². The van der Waals surface area contributed by atoms with Crippen molar-refractivity contribution in [2.24, 2.45) is 0 Å². The van der Waals surface area contributed by atoms with Crippen LogP contribution in [-0.4, -0.2) is 26.0 Å². The van der Waals surface area contributed by atoms with E-state index in [-0.39, 0.29) is 11.5 Å². The first-order chi connectivity index (χ1) is 7.72. The summed E-state index contributed by atoms with van der Waals surface area (Å²) in [7, 11) is 0. The van der Waals surface area contributed by atoms with Gasteiger partial charge in [0.1, 0.15) is 5.82 Å². The molecule has 1 fully saturated rings. The van der Waals surface area contributed by atoms with Gasteiger partial charge in [-0.15, -0.1) is 0 Å². The topological polar surface area (TPSA) is 112 Å². The predicted molar refractivity (Wildman–Crippen MR) is 58.8 cm³/mol. The molecule has 7 heteroatoms. The highest BCUT2D eigenvalue weighted by Crippen LogP contribution is 2.19. The van der Waals surface area contributed by atoms with Gasteiger partial charge < -0.3 is 16.0 Å². The number of aromatic nitrogens is 4. The van der Waals surface area contributed by atoms with Crippen molar-refractivity contribution < 1.29 is 0 Å². The Hall–Kier alpha value is -1.89. The molecule has 0 aliphatic heterocycles. The Morgan fingerprint density at radius 1 is 1.38 bits per heavy atom. The van der Waals surface area contributed by atoms with E-state index in [1.54, 1.807) is 0 Å². The molecule has 16 heavy (non-hydrogen) atoms. The number of nitrogens with two attached hydrogens (primary N) is 1. The van der Waals surface area contributed by atoms with E-state index in [1.165, 1.54) is 12.8 Å². The molecule has 84 valence electrons. The maximum Gasteiger partial charge on any atom is 0.278 e. The molecular formula is C9H12N6O. The second kappa shape index (κ2) is 3.31. The minimum atomic E-state index is -0.285. The molecule has 0 bridgehead atoms. The molecule has 0 atom stereocenters. The zero-order valence-corrected chi connectivity index (χ0v) is 8.58. The number of nitrogens with zero attached hydrogens (tertiary/aromatic N) is 2. The van der Waals surface area contributed by atoms with Crippen LogP contribution in [0.5, 0.6) is 0 Å². The SMILES string of the molecule is Nc1nc2nc(CNC3CC3)[nH]c2c(=O)[nH]1. The summed E-state index contributed by atoms with van der Waals surface area (Å²) in [6, 6.07) is 0.601. The third-order valence-electron chi connectivity index (χ3n) is 2.56. The molecule has 7 nitrogen and oxygen atoms in total. The molecular weight excluding hydrogens is 208 g/mol. The summed E-state index contributed by atoms with van der Waals surface area (Å²) in [6.45, 7) is 0.625. The standard InChI is InChI=1S/C9H12N6O/c10-9-14-7-6(8(16)15-9)12-5(13-7)3-11-4-1-2-4/h4,11H,1-3H2,(H4,10,12,13,14,15,16). The van der Waals surface area contributed by atoms with Crippen LogP contribution in [0.1, 0.15) is 18.7 Å². The lowest BCUT2D eigenvalue weighted by atomic mass is 10.5. The quantitative estimate of drug-likeness (QED) is 0.556. The Morgan fingerprint density at radius 2 is 2.19 bits per heavy atom. The smallest absolute Gasteiger partial charge is 0.278 e. The number of anilines is 1. The maximum atomic E-state index is 11.5. The summed E-state index contributed by atoms with van der Waals surface area (Å²) in [5.41, 5.74) is 5.89. The van der Waals surface area contributed by atoms with E-state index in [0.29, 0.717) is 29.6 Å². The minimum absolute atomic E-state index is 0.0886. The highest BCUT2D eigenvalue weighted by Gasteiger charge is 2.20. The van der Waals surface area contributed by atoms with Crippen LogP contribution < -0.4 is 16.6 Å². The zero-order chi connectivity index (χ0) is 11.1. The van der Waals surface area contributed by atoms with E-state index in [0.717, 1.165) is 0 Å². The van der Waals surface area contributed by atoms with E-state index in [1.807, 2.05) is 0 Å². The van der Waals surface area contributed by atoms with E-state index in [2.05, 4.69) is 25.3 Å². The number of H-pyrrole nitrogens is 2. The molecule has 2 heterocycles. The first-order valence-corrected chi connectivity index (χ1v) is 5.20. The van der Waals surface area contributed by atoms with Crippen LogP contribution in [0.15, 0.2) is 4.79 Å². The first-order valence-electron chi connectivity index (χ1n) is 5.20. The molecule has 5 N–H and O–H groups in total. The summed E-state index contributed by atoms with van der Waals surface area (Å²) in [4.78, 5) is 25.0. The number of nitrogens with one attached hydrogen (secondary N) is 3. The van der Waals surface area contributed by atoms with Gasteiger partial charge in [-0.2, -0.15) is 4.98 Å². The normalized spacial score (nSPS) is 15.8. The largest absolute Gasteiger partial charge is 0.369 e. The Bertz CT molecular complexity index is 581. The van der Waals surface area contributed by atoms with Gasteiger partial charge in [-0.05, 0) is 12.8 Å². The summed E-state index contributed by atoms with van der Waals surface area (Å²) < 4.78 is 0. The lowest BCUT2D eigenvalue weighted by Gasteiger charge is -1.96. The van der Waals surface area contributed by atoms with Gasteiger partial charge in [0.25, 0.3) is 5.56 Å². The molecule has 0 spiro atoms. The van der Waals surface area contributed by atoms with Crippen molar-refractivity contribution >= 4 is 17.1 Å². The molecule has 0 unspecified atom stereocenters. The van der Waals surface area contributed by atoms with Gasteiger partial charge in [0, 0.05) is 6.04 Å². The number of aromatic amines is 2. The van der Waals surface area contributed by atoms with Crippen LogP contribution in [0.3, 0.4) is 0 Å². The van der Waals surface area contributed by atoms with Gasteiger partial charge in [-0.1, -0.05) is 0 Å². The second-order valence-electron chi connectivity index (χ2n) is 3.99. The summed E-state index contributed by atoms with van der Waals surface area (Å²) in [6.07, 6.45) is 2.43. The fourth-order valence-electron chi connectivity index (χ4n) is 1.58. The van der Waals surface area contributed by atoms with Crippen molar-refractivity contribution in [3.05, 3.63) is 16.2 Å². The fourth-order valence-corrected chi connectivity index (χ4v) is 1.58. The molecule has 0 radical (unpaired) electrons. The van der Waals surface area contributed by atoms with Gasteiger partial charge in [0.15, 0.2) is 11.2 Å². The van der Waals surface area contributed by atoms with Crippen LogP contribution in [0.4, 0.5) is 5.95 Å². The highest BCUT2D eigenvalue weighted by molar-refractivity contribution is 5.70. The Labute approximate surface area is 90.5 Å². The van der Waals surface area contributed by atoms with Gasteiger partial charge in [-0.3, -0.25) is 9.78 Å². The Kier molecular flexibility index (Phi) is 1.93. The molecule has 0 saturated heterocycles. The number of hydrogen-bond donors (Lipinski definition) is 4. The van der Waals surface area contributed by atoms with E-state index >= 15 is 0 Å². The number of imidazole rings is 1. The van der Waals surface area contributed by atoms with Crippen molar-refractivity contribution in [2.75, 3.05) is 5.73 Å². The molecule has 1 saturated carbocycles. The van der Waals surface area contributed by atoms with Gasteiger partial charge in [0.2, 0.25) is 5.95 Å². The number of rotatable bonds is 3. The summed E-state index contributed by atoms with van der Waals surface area (Å²) in [5.74, 6) is 0.802. The number of nitrogen functional groups attached to an aromatic ring is 1. The zero-order valence-electron chi connectivity index (χ0n) is 8.58. The molecule has 2 aromatic rings. The minimum Gasteiger partial charge on any atom is -0.369 e. The molecule has 2 aromatic heterocycles. The van der Waals surface area contributed by atoms with Gasteiger partial charge in [0.05, 0.1) is 6.54 Å². The van der Waals surface area contributed by atoms with Crippen molar-refractivity contribution in [3.63, 3.8) is 0 Å². The van der Waals surface area contributed by atoms with E-state index in [4.69, 9.17) is 5.73 Å². The van der Waals surface area contributed by atoms with Crippen LogP contribution >= 0.6 is 0 Å². The first kappa shape index (κ1) is 9.34. The van der Waals surface area contributed by atoms with Crippen molar-refractivity contribution in [2.45, 2.75) is 25.4 Å². The van der Waals surface area contributed by atoms with E-state index < -0.39 is 0 Å². The van der Waals surface area contributed by atoms with Gasteiger partial charge in [-0.25, -0.2) is 4.98 Å². The molecule has 0 aromatic carbocycles. The Morgan fingerprint density at radius 3 is 2.94 bits per heavy atom. The monoisotopic (exact) mass is 220 g/mol. The van der Waals surface area contributed by atoms with Crippen LogP contribution in [-0.2, 0) is 6.54 Å². The molecule has 1 aliphatic rings. The third kappa shape index (κ3) is 1.65. The molecule has 1 aliphatic carbocycles. The lowest BCUT2D eigenvalue weighted by molar-refractivity contribution is 0.665. The number of hydrogen-bond acceptors (Lipinski definition) is 5. The lowest BCUT2D eigenvalue weighted by Crippen LogP contribution is -2.16. The van der Waals surface area contributed by atoms with Crippen molar-refractivity contribution in [1.29, 1.82) is 0 Å². The molecule has 3 rings (SSSR count). The molecule has 0 amide bonds. The van der Waals surface area contributed by atoms with Crippen molar-refractivity contribution in [1.82, 2.24) is 25.3 Å². The fraction of sp³-hybridized carbons (Fsp3) is 0.444. The average molecular weight is 220 g/mol. The van der Waals surface area contributed by atoms with Gasteiger partial charge >= 0.3 is 0 Å². The maximum absolute atomic E-state index is 11.5. The van der Waals surface area contributed by atoms with Crippen LogP contribution in [0, 0.1) is 0 Å². The van der Waals surface area contributed by atoms with Crippen LogP contribution in [0.2, 0.25) is 0 Å². The summed E-state index contributed by atoms with van der Waals surface area (Å²) >= 11 is 0. The van der Waals surface area contributed by atoms with E-state index in [9.17, 15) is 4.79 Å². The predicted octanol–water partition coefficient (Wildman–Crippen LogP) is -0.520. The average Bonchev–Trinajstić information content (AvgIpc) is 2.96. The second-order valence-corrected chi connectivity index (χ2v) is 3.99. The Balaban J connectivity index is 1.94. The third-order valence-corrected chi connectivity index (χ3v) is 2.56. The number of fused-ring (bicyclic) bond motifs is 1. The summed E-state index contributed by atoms with van der Waals surface area (Å²) in [5, 5.41) is 3.30. The van der Waals surface area contributed by atoms with Crippen LogP contribution in [0.25, 0.3) is 11.2 Å². The highest BCUT2D eigenvalue weighted by atomic mass is 16.1.